The Morgan fingerprint density at radius 1 is 0.841 bits per heavy atom. The van der Waals surface area contributed by atoms with Crippen molar-refractivity contribution in [3.05, 3.63) is 70.0 Å². The zero-order valence-corrected chi connectivity index (χ0v) is 28.2. The van der Waals surface area contributed by atoms with Crippen LogP contribution in [0, 0.1) is 28.1 Å². The second-order valence-corrected chi connectivity index (χ2v) is 15.1. The van der Waals surface area contributed by atoms with Gasteiger partial charge >= 0.3 is 0 Å². The zero-order valence-electron chi connectivity index (χ0n) is 28.2. The average molecular weight is 603 g/mol. The molecule has 4 atom stereocenters. The first-order chi connectivity index (χ1) is 20.3. The molecule has 0 radical (unpaired) electrons. The number of rotatable bonds is 8. The number of hydrogen-bond acceptors (Lipinski definition) is 6. The van der Waals surface area contributed by atoms with Gasteiger partial charge in [-0.25, -0.2) is 0 Å². The molecule has 1 aromatic rings. The van der Waals surface area contributed by atoms with Crippen molar-refractivity contribution in [1.29, 1.82) is 0 Å². The minimum atomic E-state index is -2.03. The molecule has 1 saturated heterocycles. The summed E-state index contributed by atoms with van der Waals surface area (Å²) in [5.41, 5.74) is -1.15. The molecule has 4 rings (SSSR count). The van der Waals surface area contributed by atoms with Crippen molar-refractivity contribution >= 4 is 17.3 Å². The zero-order chi connectivity index (χ0) is 33.0. The van der Waals surface area contributed by atoms with Gasteiger partial charge in [0.2, 0.25) is 0 Å². The topological polar surface area (TPSA) is 101 Å². The van der Waals surface area contributed by atoms with E-state index >= 15 is 9.59 Å². The van der Waals surface area contributed by atoms with Crippen LogP contribution in [0.15, 0.2) is 64.5 Å². The lowest BCUT2D eigenvalue weighted by molar-refractivity contribution is -0.182. The van der Waals surface area contributed by atoms with Gasteiger partial charge in [0.15, 0.2) is 34.3 Å². The van der Waals surface area contributed by atoms with E-state index in [-0.39, 0.29) is 35.4 Å². The van der Waals surface area contributed by atoms with Crippen LogP contribution in [-0.2, 0) is 14.3 Å². The highest BCUT2D eigenvalue weighted by atomic mass is 16.5. The van der Waals surface area contributed by atoms with Crippen molar-refractivity contribution in [3.8, 4) is 11.5 Å². The van der Waals surface area contributed by atoms with Crippen LogP contribution in [0.1, 0.15) is 112 Å². The molecule has 1 heterocycles. The number of allylic oxidation sites excluding steroid dienone is 8. The normalized spacial score (nSPS) is 28.4. The lowest BCUT2D eigenvalue weighted by Crippen LogP contribution is -2.71. The van der Waals surface area contributed by atoms with Crippen LogP contribution < -0.4 is 0 Å². The predicted molar refractivity (Wildman–Crippen MR) is 173 cm³/mol. The Bertz CT molecular complexity index is 1500. The fourth-order valence-electron chi connectivity index (χ4n) is 7.75. The van der Waals surface area contributed by atoms with Crippen molar-refractivity contribution in [2.75, 3.05) is 0 Å². The molecule has 1 saturated carbocycles. The van der Waals surface area contributed by atoms with E-state index in [4.69, 9.17) is 4.74 Å². The summed E-state index contributed by atoms with van der Waals surface area (Å²) in [5, 5.41) is 20.4. The maximum atomic E-state index is 15.4. The Balaban J connectivity index is 2.10. The number of carbonyl (C=O) groups is 3. The van der Waals surface area contributed by atoms with Gasteiger partial charge in [-0.2, -0.15) is 0 Å². The van der Waals surface area contributed by atoms with Crippen molar-refractivity contribution in [1.82, 2.24) is 0 Å². The minimum absolute atomic E-state index is 0.0243. The molecule has 4 unspecified atom stereocenters. The van der Waals surface area contributed by atoms with E-state index < -0.39 is 39.2 Å². The lowest BCUT2D eigenvalue weighted by Gasteiger charge is -2.63. The van der Waals surface area contributed by atoms with Crippen LogP contribution in [0.2, 0.25) is 0 Å². The van der Waals surface area contributed by atoms with Gasteiger partial charge in [0, 0.05) is 17.1 Å². The summed E-state index contributed by atoms with van der Waals surface area (Å²) in [5.74, 6) is -2.16. The summed E-state index contributed by atoms with van der Waals surface area (Å²) in [6.07, 6.45) is 8.78. The van der Waals surface area contributed by atoms with Gasteiger partial charge in [-0.1, -0.05) is 48.8 Å². The number of phenols is 2. The number of ketones is 3. The molecule has 6 nitrogen and oxygen atoms in total. The number of phenolic OH excluding ortho intramolecular Hbond substituents is 2. The number of aromatic hydroxyl groups is 2. The average Bonchev–Trinajstić information content (AvgIpc) is 2.91. The maximum Gasteiger partial charge on any atom is 0.184 e. The first-order valence-electron chi connectivity index (χ1n) is 15.8. The molecule has 238 valence electrons. The minimum Gasteiger partial charge on any atom is -0.504 e. The van der Waals surface area contributed by atoms with Crippen LogP contribution in [0.4, 0.5) is 0 Å². The van der Waals surface area contributed by atoms with Crippen LogP contribution in [0.3, 0.4) is 0 Å². The highest BCUT2D eigenvalue weighted by Gasteiger charge is 2.76. The lowest BCUT2D eigenvalue weighted by atomic mass is 9.38. The molecule has 2 aliphatic carbocycles. The molecular weight excluding hydrogens is 552 g/mol. The summed E-state index contributed by atoms with van der Waals surface area (Å²) in [6.45, 7) is 19.9. The van der Waals surface area contributed by atoms with E-state index in [1.54, 1.807) is 0 Å². The van der Waals surface area contributed by atoms with E-state index in [1.807, 2.05) is 61.5 Å². The molecule has 44 heavy (non-hydrogen) atoms. The van der Waals surface area contributed by atoms with Gasteiger partial charge in [0.25, 0.3) is 0 Å². The number of carbonyl (C=O) groups excluding carboxylic acids is 3. The second-order valence-electron chi connectivity index (χ2n) is 15.1. The molecule has 1 spiro atoms. The van der Waals surface area contributed by atoms with E-state index in [0.29, 0.717) is 37.0 Å². The van der Waals surface area contributed by atoms with Gasteiger partial charge < -0.3 is 14.9 Å². The van der Waals surface area contributed by atoms with Gasteiger partial charge in [-0.3, -0.25) is 14.4 Å². The van der Waals surface area contributed by atoms with Gasteiger partial charge in [-0.05, 0) is 117 Å². The molecule has 0 aromatic heterocycles. The van der Waals surface area contributed by atoms with Crippen molar-refractivity contribution in [3.63, 3.8) is 0 Å². The van der Waals surface area contributed by atoms with Crippen LogP contribution in [0.25, 0.3) is 0 Å². The predicted octanol–water partition coefficient (Wildman–Crippen LogP) is 8.59. The van der Waals surface area contributed by atoms with Crippen molar-refractivity contribution in [2.45, 2.75) is 107 Å². The van der Waals surface area contributed by atoms with Gasteiger partial charge in [-0.15, -0.1) is 0 Å². The molecule has 3 aliphatic rings. The number of fused-ring (bicyclic) bond motifs is 1. The molecule has 6 heteroatoms. The Kier molecular flexibility index (Phi) is 8.75. The third-order valence-corrected chi connectivity index (χ3v) is 10.5. The summed E-state index contributed by atoms with van der Waals surface area (Å²) < 4.78 is 6.87. The molecule has 1 aromatic carbocycles. The molecule has 2 fully saturated rings. The first kappa shape index (κ1) is 33.5. The van der Waals surface area contributed by atoms with E-state index in [1.165, 1.54) is 23.8 Å². The summed E-state index contributed by atoms with van der Waals surface area (Å²) in [4.78, 5) is 45.5. The van der Waals surface area contributed by atoms with Gasteiger partial charge in [0.1, 0.15) is 11.4 Å². The standard InChI is InChI=1S/C38H50O6/c1-22(2)11-15-26-20-37-21-27(16-12-23(3)4)36(9,10)44-33(37)28(17-13-24(5)6)32(42)38(34(37)43,35(26,7)8)31(41)25-14-18-29(39)30(40)19-25/h11-14,18-19,26-27,39-40H,15-17,20-21H2,1-10H3. The highest BCUT2D eigenvalue weighted by Crippen LogP contribution is 2.69. The molecular formula is C38H50O6. The SMILES string of the molecule is CC(C)=CCC1=C2OC(C)(C)C(CC=C(C)C)CC23CC(CC=C(C)C)C(C)(C)C(C(=O)c2ccc(O)c(O)c2)(C1=O)C3=O. The Hall–Kier alpha value is -3.41. The van der Waals surface area contributed by atoms with E-state index in [9.17, 15) is 15.0 Å². The number of hydrogen-bond donors (Lipinski definition) is 2. The molecule has 1 aliphatic heterocycles. The fourth-order valence-corrected chi connectivity index (χ4v) is 7.75. The third kappa shape index (κ3) is 5.18. The maximum absolute atomic E-state index is 15.4. The van der Waals surface area contributed by atoms with E-state index in [2.05, 4.69) is 26.0 Å². The monoisotopic (exact) mass is 602 g/mol. The molecule has 2 bridgehead atoms. The second kappa shape index (κ2) is 11.5. The number of ether oxygens (including phenoxy) is 1. The summed E-state index contributed by atoms with van der Waals surface area (Å²) in [6, 6.07) is 3.79. The number of Topliss-reactive ketones (excluding diaryl/α,β-unsaturated/α-hetero) is 3. The summed E-state index contributed by atoms with van der Waals surface area (Å²) >= 11 is 0. The Labute approximate surface area is 263 Å². The quantitative estimate of drug-likeness (QED) is 0.134. The first-order valence-corrected chi connectivity index (χ1v) is 15.8. The van der Waals surface area contributed by atoms with E-state index in [0.717, 1.165) is 11.1 Å². The largest absolute Gasteiger partial charge is 0.504 e. The van der Waals surface area contributed by atoms with Crippen molar-refractivity contribution in [2.24, 2.45) is 28.1 Å². The molecule has 0 amide bonds. The Morgan fingerprint density at radius 3 is 1.93 bits per heavy atom. The Morgan fingerprint density at radius 2 is 1.39 bits per heavy atom. The van der Waals surface area contributed by atoms with Crippen LogP contribution in [-0.4, -0.2) is 33.2 Å². The van der Waals surface area contributed by atoms with Crippen molar-refractivity contribution < 1.29 is 29.3 Å². The third-order valence-electron chi connectivity index (χ3n) is 10.5. The summed E-state index contributed by atoms with van der Waals surface area (Å²) in [7, 11) is 0. The van der Waals surface area contributed by atoms with Gasteiger partial charge in [0.05, 0.1) is 5.41 Å². The highest BCUT2D eigenvalue weighted by molar-refractivity contribution is 6.36. The molecule has 2 N–H and O–H groups in total. The number of benzene rings is 1. The van der Waals surface area contributed by atoms with Crippen LogP contribution >= 0.6 is 0 Å². The smallest absolute Gasteiger partial charge is 0.184 e. The fraction of sp³-hybridized carbons (Fsp3) is 0.553. The van der Waals surface area contributed by atoms with Crippen LogP contribution in [0.5, 0.6) is 11.5 Å².